The van der Waals surface area contributed by atoms with Gasteiger partial charge in [0.2, 0.25) is 0 Å². The van der Waals surface area contributed by atoms with E-state index in [-0.39, 0.29) is 5.97 Å². The fraction of sp³-hybridized carbons (Fsp3) is 0.692. The number of imidazole rings is 1. The highest BCUT2D eigenvalue weighted by atomic mass is 16.5. The molecular formula is C13H21N3O2. The van der Waals surface area contributed by atoms with Crippen molar-refractivity contribution < 1.29 is 9.53 Å². The first-order chi connectivity index (χ1) is 8.70. The highest BCUT2D eigenvalue weighted by Crippen LogP contribution is 2.26. The lowest BCUT2D eigenvalue weighted by molar-refractivity contribution is -0.144. The first kappa shape index (κ1) is 13.1. The summed E-state index contributed by atoms with van der Waals surface area (Å²) in [5.41, 5.74) is 0. The normalized spacial score (nSPS) is 15.1. The second kappa shape index (κ2) is 6.00. The summed E-state index contributed by atoms with van der Waals surface area (Å²) >= 11 is 0. The summed E-state index contributed by atoms with van der Waals surface area (Å²) in [6.45, 7) is 6.45. The summed E-state index contributed by atoms with van der Waals surface area (Å²) in [6, 6.07) is 0.568. The molecule has 1 saturated carbocycles. The Morgan fingerprint density at radius 3 is 2.94 bits per heavy atom. The lowest BCUT2D eigenvalue weighted by atomic mass is 10.4. The van der Waals surface area contributed by atoms with E-state index in [9.17, 15) is 4.79 Å². The maximum Gasteiger partial charge on any atom is 0.320 e. The van der Waals surface area contributed by atoms with E-state index in [1.54, 1.807) is 0 Å². The van der Waals surface area contributed by atoms with E-state index in [1.807, 2.05) is 26.2 Å². The summed E-state index contributed by atoms with van der Waals surface area (Å²) < 4.78 is 7.12. The predicted molar refractivity (Wildman–Crippen MR) is 68.2 cm³/mol. The number of ether oxygens (including phenoxy) is 1. The van der Waals surface area contributed by atoms with Gasteiger partial charge in [0.15, 0.2) is 0 Å². The van der Waals surface area contributed by atoms with Gasteiger partial charge in [0, 0.05) is 31.5 Å². The van der Waals surface area contributed by atoms with Gasteiger partial charge in [-0.15, -0.1) is 0 Å². The second-order valence-corrected chi connectivity index (χ2v) is 4.67. The molecule has 1 fully saturated rings. The van der Waals surface area contributed by atoms with Crippen molar-refractivity contribution in [2.75, 3.05) is 19.7 Å². The number of aromatic nitrogens is 2. The minimum atomic E-state index is -0.119. The molecule has 0 N–H and O–H groups in total. The van der Waals surface area contributed by atoms with Gasteiger partial charge in [0.1, 0.15) is 5.82 Å². The van der Waals surface area contributed by atoms with Crippen LogP contribution in [0.1, 0.15) is 25.6 Å². The third-order valence-electron chi connectivity index (χ3n) is 3.25. The van der Waals surface area contributed by atoms with Gasteiger partial charge in [-0.2, -0.15) is 0 Å². The number of carbonyl (C=O) groups excluding carboxylic acids is 1. The molecule has 0 spiro atoms. The topological polar surface area (TPSA) is 47.4 Å². The number of esters is 1. The van der Waals surface area contributed by atoms with E-state index in [0.717, 1.165) is 18.9 Å². The molecule has 1 aliphatic carbocycles. The van der Waals surface area contributed by atoms with Crippen molar-refractivity contribution in [1.29, 1.82) is 0 Å². The fourth-order valence-corrected chi connectivity index (χ4v) is 2.08. The first-order valence-corrected chi connectivity index (χ1v) is 6.58. The smallest absolute Gasteiger partial charge is 0.320 e. The monoisotopic (exact) mass is 251 g/mol. The summed E-state index contributed by atoms with van der Waals surface area (Å²) in [5.74, 6) is 0.897. The molecule has 1 aromatic heterocycles. The zero-order valence-electron chi connectivity index (χ0n) is 11.1. The Kier molecular flexibility index (Phi) is 4.36. The third kappa shape index (κ3) is 3.57. The van der Waals surface area contributed by atoms with Crippen molar-refractivity contribution in [2.24, 2.45) is 0 Å². The van der Waals surface area contributed by atoms with Crippen LogP contribution in [0.3, 0.4) is 0 Å². The highest BCUT2D eigenvalue weighted by Gasteiger charge is 2.30. The lowest BCUT2D eigenvalue weighted by Crippen LogP contribution is -2.35. The van der Waals surface area contributed by atoms with E-state index < -0.39 is 0 Å². The molecular weight excluding hydrogens is 230 g/mol. The van der Waals surface area contributed by atoms with E-state index >= 15 is 0 Å². The van der Waals surface area contributed by atoms with Gasteiger partial charge in [-0.05, 0) is 26.7 Å². The Hall–Kier alpha value is -1.36. The van der Waals surface area contributed by atoms with Crippen LogP contribution in [0.25, 0.3) is 0 Å². The molecule has 18 heavy (non-hydrogen) atoms. The molecule has 0 aromatic carbocycles. The molecule has 0 unspecified atom stereocenters. The standard InChI is InChI=1S/C13H21N3O2/c1-3-18-13(17)10-16(12-4-5-12)9-8-15-7-6-14-11(15)2/h6-7,12H,3-5,8-10H2,1-2H3. The number of hydrogen-bond donors (Lipinski definition) is 0. The summed E-state index contributed by atoms with van der Waals surface area (Å²) in [5, 5.41) is 0. The predicted octanol–water partition coefficient (Wildman–Crippen LogP) is 1.22. The van der Waals surface area contributed by atoms with E-state index in [0.29, 0.717) is 19.2 Å². The number of hydrogen-bond acceptors (Lipinski definition) is 4. The minimum absolute atomic E-state index is 0.119. The molecule has 2 rings (SSSR count). The van der Waals surface area contributed by atoms with Gasteiger partial charge < -0.3 is 9.30 Å². The van der Waals surface area contributed by atoms with Gasteiger partial charge in [0.05, 0.1) is 13.2 Å². The maximum atomic E-state index is 11.5. The van der Waals surface area contributed by atoms with Crippen LogP contribution in [0.5, 0.6) is 0 Å². The van der Waals surface area contributed by atoms with Crippen LogP contribution in [0, 0.1) is 6.92 Å². The Bertz CT molecular complexity index is 399. The molecule has 0 saturated heterocycles. The minimum Gasteiger partial charge on any atom is -0.465 e. The summed E-state index contributed by atoms with van der Waals surface area (Å²) in [7, 11) is 0. The van der Waals surface area contributed by atoms with Crippen molar-refractivity contribution >= 4 is 5.97 Å². The van der Waals surface area contributed by atoms with Crippen molar-refractivity contribution in [1.82, 2.24) is 14.5 Å². The number of rotatable bonds is 7. The molecule has 1 aromatic rings. The molecule has 0 radical (unpaired) electrons. The summed E-state index contributed by atoms with van der Waals surface area (Å²) in [4.78, 5) is 17.9. The lowest BCUT2D eigenvalue weighted by Gasteiger charge is -2.21. The Morgan fingerprint density at radius 2 is 2.39 bits per heavy atom. The quantitative estimate of drug-likeness (QED) is 0.684. The van der Waals surface area contributed by atoms with Gasteiger partial charge in [-0.25, -0.2) is 4.98 Å². The van der Waals surface area contributed by atoms with E-state index in [2.05, 4.69) is 14.5 Å². The van der Waals surface area contributed by atoms with Crippen LogP contribution in [0.15, 0.2) is 12.4 Å². The Morgan fingerprint density at radius 1 is 1.61 bits per heavy atom. The van der Waals surface area contributed by atoms with Gasteiger partial charge in [-0.1, -0.05) is 0 Å². The van der Waals surface area contributed by atoms with Crippen LogP contribution in [0.4, 0.5) is 0 Å². The average Bonchev–Trinajstić information content (AvgIpc) is 3.09. The van der Waals surface area contributed by atoms with Crippen LogP contribution < -0.4 is 0 Å². The molecule has 5 nitrogen and oxygen atoms in total. The first-order valence-electron chi connectivity index (χ1n) is 6.58. The zero-order chi connectivity index (χ0) is 13.0. The van der Waals surface area contributed by atoms with E-state index in [1.165, 1.54) is 12.8 Å². The Balaban J connectivity index is 1.83. The SMILES string of the molecule is CCOC(=O)CN(CCn1ccnc1C)C1CC1. The van der Waals surface area contributed by atoms with Crippen molar-refractivity contribution in [3.05, 3.63) is 18.2 Å². The number of aryl methyl sites for hydroxylation is 1. The molecule has 1 heterocycles. The fourth-order valence-electron chi connectivity index (χ4n) is 2.08. The van der Waals surface area contributed by atoms with Crippen molar-refractivity contribution in [2.45, 2.75) is 39.3 Å². The molecule has 0 amide bonds. The molecule has 0 atom stereocenters. The highest BCUT2D eigenvalue weighted by molar-refractivity contribution is 5.71. The van der Waals surface area contributed by atoms with Gasteiger partial charge in [0.25, 0.3) is 0 Å². The van der Waals surface area contributed by atoms with Crippen LogP contribution in [0.2, 0.25) is 0 Å². The van der Waals surface area contributed by atoms with Crippen LogP contribution in [-0.2, 0) is 16.1 Å². The van der Waals surface area contributed by atoms with Gasteiger partial charge in [-0.3, -0.25) is 9.69 Å². The van der Waals surface area contributed by atoms with Crippen molar-refractivity contribution in [3.63, 3.8) is 0 Å². The van der Waals surface area contributed by atoms with Crippen LogP contribution in [-0.4, -0.2) is 46.2 Å². The van der Waals surface area contributed by atoms with Crippen LogP contribution >= 0.6 is 0 Å². The average molecular weight is 251 g/mol. The molecule has 5 heteroatoms. The second-order valence-electron chi connectivity index (χ2n) is 4.67. The molecule has 1 aliphatic rings. The maximum absolute atomic E-state index is 11.5. The zero-order valence-corrected chi connectivity index (χ0v) is 11.1. The van der Waals surface area contributed by atoms with Gasteiger partial charge >= 0.3 is 5.97 Å². The Labute approximate surface area is 108 Å². The number of carbonyl (C=O) groups is 1. The van der Waals surface area contributed by atoms with E-state index in [4.69, 9.17) is 4.74 Å². The summed E-state index contributed by atoms with van der Waals surface area (Å²) in [6.07, 6.45) is 6.18. The molecule has 100 valence electrons. The molecule has 0 bridgehead atoms. The number of nitrogens with zero attached hydrogens (tertiary/aromatic N) is 3. The largest absolute Gasteiger partial charge is 0.465 e. The van der Waals surface area contributed by atoms with Crippen molar-refractivity contribution in [3.8, 4) is 0 Å². The molecule has 0 aliphatic heterocycles. The third-order valence-corrected chi connectivity index (χ3v) is 3.25.